The maximum atomic E-state index is 12.9. The van der Waals surface area contributed by atoms with Crippen LogP contribution in [0.3, 0.4) is 0 Å². The summed E-state index contributed by atoms with van der Waals surface area (Å²) < 4.78 is 15.6. The van der Waals surface area contributed by atoms with E-state index >= 15 is 0 Å². The van der Waals surface area contributed by atoms with Gasteiger partial charge in [-0.05, 0) is 40.2 Å². The zero-order valence-corrected chi connectivity index (χ0v) is 12.5. The first-order chi connectivity index (χ1) is 9.56. The third kappa shape index (κ3) is 2.24. The van der Waals surface area contributed by atoms with Gasteiger partial charge in [-0.15, -0.1) is 0 Å². The summed E-state index contributed by atoms with van der Waals surface area (Å²) in [6.07, 6.45) is 0.738. The van der Waals surface area contributed by atoms with Crippen LogP contribution in [0.25, 0.3) is 0 Å². The number of benzene rings is 1. The standard InChI is InChI=1S/C14H13BrFN3O/c1-18-12-8-19(7-6-11(12)17-14(18)15)13(20)9-2-4-10(16)5-3-9/h2-5H,6-8H2,1H3. The van der Waals surface area contributed by atoms with Crippen molar-refractivity contribution in [1.29, 1.82) is 0 Å². The van der Waals surface area contributed by atoms with E-state index in [4.69, 9.17) is 0 Å². The molecular weight excluding hydrogens is 325 g/mol. The third-order valence-corrected chi connectivity index (χ3v) is 4.29. The smallest absolute Gasteiger partial charge is 0.254 e. The summed E-state index contributed by atoms with van der Waals surface area (Å²) in [5, 5.41) is 0. The fraction of sp³-hybridized carbons (Fsp3) is 0.286. The number of rotatable bonds is 1. The van der Waals surface area contributed by atoms with Crippen molar-refractivity contribution >= 4 is 21.8 Å². The number of halogens is 2. The van der Waals surface area contributed by atoms with Gasteiger partial charge in [-0.3, -0.25) is 4.79 Å². The number of fused-ring (bicyclic) bond motifs is 1. The minimum Gasteiger partial charge on any atom is -0.332 e. The molecule has 0 aliphatic carbocycles. The van der Waals surface area contributed by atoms with Gasteiger partial charge >= 0.3 is 0 Å². The Morgan fingerprint density at radius 2 is 2.05 bits per heavy atom. The minimum atomic E-state index is -0.335. The number of hydrogen-bond acceptors (Lipinski definition) is 2. The molecule has 20 heavy (non-hydrogen) atoms. The van der Waals surface area contributed by atoms with Crippen LogP contribution in [0.5, 0.6) is 0 Å². The van der Waals surface area contributed by atoms with E-state index in [-0.39, 0.29) is 11.7 Å². The van der Waals surface area contributed by atoms with Gasteiger partial charge in [0.25, 0.3) is 5.91 Å². The van der Waals surface area contributed by atoms with Crippen molar-refractivity contribution in [3.8, 4) is 0 Å². The van der Waals surface area contributed by atoms with Crippen LogP contribution >= 0.6 is 15.9 Å². The third-order valence-electron chi connectivity index (χ3n) is 3.58. The predicted octanol–water partition coefficient (Wildman–Crippen LogP) is 2.52. The van der Waals surface area contributed by atoms with Gasteiger partial charge in [0.2, 0.25) is 0 Å². The van der Waals surface area contributed by atoms with Gasteiger partial charge in [0.1, 0.15) is 5.82 Å². The SMILES string of the molecule is Cn1c(Br)nc2c1CN(C(=O)c1ccc(F)cc1)CC2. The lowest BCUT2D eigenvalue weighted by molar-refractivity contribution is 0.0730. The van der Waals surface area contributed by atoms with Crippen molar-refractivity contribution in [3.63, 3.8) is 0 Å². The lowest BCUT2D eigenvalue weighted by Crippen LogP contribution is -2.36. The zero-order chi connectivity index (χ0) is 14.3. The van der Waals surface area contributed by atoms with Crippen LogP contribution in [-0.4, -0.2) is 26.9 Å². The van der Waals surface area contributed by atoms with Crippen molar-refractivity contribution in [2.75, 3.05) is 6.54 Å². The maximum absolute atomic E-state index is 12.9. The highest BCUT2D eigenvalue weighted by Gasteiger charge is 2.25. The molecule has 0 saturated carbocycles. The largest absolute Gasteiger partial charge is 0.332 e. The first kappa shape index (κ1) is 13.3. The summed E-state index contributed by atoms with van der Waals surface area (Å²) in [6.45, 7) is 1.16. The highest BCUT2D eigenvalue weighted by Crippen LogP contribution is 2.23. The molecule has 1 aromatic heterocycles. The molecule has 0 atom stereocenters. The van der Waals surface area contributed by atoms with Crippen LogP contribution in [0.4, 0.5) is 4.39 Å². The summed E-state index contributed by atoms with van der Waals surface area (Å²) in [6, 6.07) is 5.66. The molecule has 0 unspecified atom stereocenters. The second kappa shape index (κ2) is 5.01. The van der Waals surface area contributed by atoms with E-state index in [1.807, 2.05) is 11.6 Å². The van der Waals surface area contributed by atoms with Crippen molar-refractivity contribution in [2.24, 2.45) is 7.05 Å². The predicted molar refractivity (Wildman–Crippen MR) is 75.8 cm³/mol. The van der Waals surface area contributed by atoms with Crippen LogP contribution in [0.2, 0.25) is 0 Å². The van der Waals surface area contributed by atoms with E-state index in [0.717, 1.165) is 22.5 Å². The van der Waals surface area contributed by atoms with E-state index in [0.29, 0.717) is 18.7 Å². The second-order valence-corrected chi connectivity index (χ2v) is 5.53. The molecule has 1 aliphatic heterocycles. The van der Waals surface area contributed by atoms with E-state index in [9.17, 15) is 9.18 Å². The van der Waals surface area contributed by atoms with Gasteiger partial charge < -0.3 is 9.47 Å². The number of carbonyl (C=O) groups is 1. The molecule has 0 saturated heterocycles. The molecule has 3 rings (SSSR count). The molecule has 1 amide bonds. The minimum absolute atomic E-state index is 0.0760. The molecule has 104 valence electrons. The average Bonchev–Trinajstić information content (AvgIpc) is 2.74. The Balaban J connectivity index is 1.84. The van der Waals surface area contributed by atoms with Gasteiger partial charge in [-0.25, -0.2) is 9.37 Å². The summed E-state index contributed by atoms with van der Waals surface area (Å²) in [4.78, 5) is 18.6. The molecule has 4 nitrogen and oxygen atoms in total. The topological polar surface area (TPSA) is 38.1 Å². The fourth-order valence-electron chi connectivity index (χ4n) is 2.40. The normalized spacial score (nSPS) is 14.2. The summed E-state index contributed by atoms with van der Waals surface area (Å²) in [5.74, 6) is -0.411. The average molecular weight is 338 g/mol. The van der Waals surface area contributed by atoms with Crippen LogP contribution in [-0.2, 0) is 20.0 Å². The number of imidazole rings is 1. The number of amides is 1. The maximum Gasteiger partial charge on any atom is 0.254 e. The molecular formula is C14H13BrFN3O. The number of aromatic nitrogens is 2. The van der Waals surface area contributed by atoms with E-state index < -0.39 is 0 Å². The van der Waals surface area contributed by atoms with Crippen molar-refractivity contribution in [2.45, 2.75) is 13.0 Å². The summed E-state index contributed by atoms with van der Waals surface area (Å²) in [7, 11) is 1.92. The van der Waals surface area contributed by atoms with Crippen molar-refractivity contribution in [1.82, 2.24) is 14.5 Å². The van der Waals surface area contributed by atoms with Crippen molar-refractivity contribution < 1.29 is 9.18 Å². The molecule has 2 aromatic rings. The highest BCUT2D eigenvalue weighted by atomic mass is 79.9. The Labute approximate surface area is 124 Å². The van der Waals surface area contributed by atoms with Crippen LogP contribution in [0, 0.1) is 5.82 Å². The Morgan fingerprint density at radius 3 is 2.75 bits per heavy atom. The number of nitrogens with zero attached hydrogens (tertiary/aromatic N) is 3. The Hall–Kier alpha value is -1.69. The lowest BCUT2D eigenvalue weighted by atomic mass is 10.1. The Morgan fingerprint density at radius 1 is 1.35 bits per heavy atom. The Bertz CT molecular complexity index is 666. The van der Waals surface area contributed by atoms with E-state index in [1.54, 1.807) is 4.90 Å². The quantitative estimate of drug-likeness (QED) is 0.801. The highest BCUT2D eigenvalue weighted by molar-refractivity contribution is 9.10. The summed E-state index contributed by atoms with van der Waals surface area (Å²) >= 11 is 3.39. The molecule has 0 N–H and O–H groups in total. The second-order valence-electron chi connectivity index (χ2n) is 4.82. The van der Waals surface area contributed by atoms with E-state index in [2.05, 4.69) is 20.9 Å². The van der Waals surface area contributed by atoms with Crippen LogP contribution < -0.4 is 0 Å². The van der Waals surface area contributed by atoms with Crippen LogP contribution in [0.1, 0.15) is 21.7 Å². The molecule has 2 heterocycles. The molecule has 0 bridgehead atoms. The van der Waals surface area contributed by atoms with Gasteiger partial charge in [0.05, 0.1) is 17.9 Å². The molecule has 0 fully saturated rings. The molecule has 6 heteroatoms. The zero-order valence-electron chi connectivity index (χ0n) is 10.9. The molecule has 0 spiro atoms. The van der Waals surface area contributed by atoms with Gasteiger partial charge in [0, 0.05) is 25.6 Å². The molecule has 1 aliphatic rings. The van der Waals surface area contributed by atoms with E-state index in [1.165, 1.54) is 24.3 Å². The lowest BCUT2D eigenvalue weighted by Gasteiger charge is -2.27. The number of carbonyl (C=O) groups excluding carboxylic acids is 1. The summed E-state index contributed by atoms with van der Waals surface area (Å²) in [5.41, 5.74) is 2.58. The first-order valence-electron chi connectivity index (χ1n) is 6.31. The van der Waals surface area contributed by atoms with Crippen molar-refractivity contribution in [3.05, 3.63) is 51.8 Å². The molecule has 0 radical (unpaired) electrons. The van der Waals surface area contributed by atoms with Gasteiger partial charge in [-0.1, -0.05) is 0 Å². The number of hydrogen-bond donors (Lipinski definition) is 0. The van der Waals surface area contributed by atoms with Crippen LogP contribution in [0.15, 0.2) is 29.0 Å². The monoisotopic (exact) mass is 337 g/mol. The fourth-order valence-corrected chi connectivity index (χ4v) is 2.83. The Kier molecular flexibility index (Phi) is 3.33. The first-order valence-corrected chi connectivity index (χ1v) is 7.10. The van der Waals surface area contributed by atoms with Gasteiger partial charge in [0.15, 0.2) is 4.73 Å². The molecule has 1 aromatic carbocycles. The van der Waals surface area contributed by atoms with Gasteiger partial charge in [-0.2, -0.15) is 0 Å².